The molecule has 1 heterocycles. The van der Waals surface area contributed by atoms with Gasteiger partial charge in [-0.25, -0.2) is 0 Å². The van der Waals surface area contributed by atoms with Crippen molar-refractivity contribution in [3.05, 3.63) is 0 Å². The smallest absolute Gasteiger partial charge is 0.323 e. The Morgan fingerprint density at radius 2 is 1.94 bits per heavy atom. The topological polar surface area (TPSA) is 58.6 Å². The quantitative estimate of drug-likeness (QED) is 0.768. The number of ether oxygens (including phenoxy) is 1. The Hall–Kier alpha value is -0.610. The molecule has 1 aliphatic carbocycles. The van der Waals surface area contributed by atoms with Crippen LogP contribution >= 0.6 is 0 Å². The number of hydrogen-bond acceptors (Lipinski definition) is 3. The monoisotopic (exact) mass is 227 g/mol. The molecule has 1 atom stereocenters. The number of rotatable bonds is 3. The van der Waals surface area contributed by atoms with Gasteiger partial charge in [0.2, 0.25) is 0 Å². The lowest BCUT2D eigenvalue weighted by molar-refractivity contribution is -0.146. The van der Waals surface area contributed by atoms with Crippen LogP contribution in [0.25, 0.3) is 0 Å². The van der Waals surface area contributed by atoms with Gasteiger partial charge in [0.15, 0.2) is 0 Å². The van der Waals surface area contributed by atoms with Gasteiger partial charge in [-0.2, -0.15) is 0 Å². The van der Waals surface area contributed by atoms with Gasteiger partial charge in [0.05, 0.1) is 0 Å². The summed E-state index contributed by atoms with van der Waals surface area (Å²) in [6, 6.07) is 0.397. The van der Waals surface area contributed by atoms with E-state index in [-0.39, 0.29) is 0 Å². The van der Waals surface area contributed by atoms with Gasteiger partial charge >= 0.3 is 5.97 Å². The molecule has 1 saturated carbocycles. The van der Waals surface area contributed by atoms with Crippen molar-refractivity contribution >= 4 is 5.97 Å². The average molecular weight is 227 g/mol. The normalized spacial score (nSPS) is 32.5. The average Bonchev–Trinajstić information content (AvgIpc) is 2.62. The minimum atomic E-state index is -0.731. The fourth-order valence-electron chi connectivity index (χ4n) is 2.83. The van der Waals surface area contributed by atoms with Crippen LogP contribution in [-0.2, 0) is 9.53 Å². The van der Waals surface area contributed by atoms with Gasteiger partial charge in [-0.3, -0.25) is 10.1 Å². The molecule has 16 heavy (non-hydrogen) atoms. The highest BCUT2D eigenvalue weighted by molar-refractivity contribution is 5.78. The number of carboxylic acids is 1. The number of carboxylic acid groups (broad SMARTS) is 1. The van der Waals surface area contributed by atoms with Crippen molar-refractivity contribution in [2.24, 2.45) is 0 Å². The molecule has 2 N–H and O–H groups in total. The van der Waals surface area contributed by atoms with Crippen LogP contribution < -0.4 is 5.32 Å². The summed E-state index contributed by atoms with van der Waals surface area (Å²) >= 11 is 0. The van der Waals surface area contributed by atoms with Crippen LogP contribution in [0.4, 0.5) is 0 Å². The van der Waals surface area contributed by atoms with Crippen molar-refractivity contribution in [2.45, 2.75) is 56.5 Å². The van der Waals surface area contributed by atoms with Gasteiger partial charge in [-0.05, 0) is 32.1 Å². The lowest BCUT2D eigenvalue weighted by Gasteiger charge is -2.32. The second-order valence-electron chi connectivity index (χ2n) is 4.98. The van der Waals surface area contributed by atoms with E-state index in [4.69, 9.17) is 4.74 Å². The van der Waals surface area contributed by atoms with E-state index in [0.717, 1.165) is 19.3 Å². The summed E-state index contributed by atoms with van der Waals surface area (Å²) in [6.45, 7) is 1.26. The van der Waals surface area contributed by atoms with E-state index in [2.05, 4.69) is 5.32 Å². The fourth-order valence-corrected chi connectivity index (χ4v) is 2.83. The Morgan fingerprint density at radius 1 is 1.19 bits per heavy atom. The second kappa shape index (κ2) is 5.15. The molecule has 2 fully saturated rings. The number of nitrogens with one attached hydrogen (secondary N) is 1. The Labute approximate surface area is 96.4 Å². The first-order chi connectivity index (χ1) is 7.73. The minimum absolute atomic E-state index is 0.397. The second-order valence-corrected chi connectivity index (χ2v) is 4.98. The molecule has 0 aromatic carbocycles. The Bertz CT molecular complexity index is 241. The predicted octanol–water partition coefficient (Wildman–Crippen LogP) is 1.54. The molecule has 0 aromatic heterocycles. The highest BCUT2D eigenvalue weighted by Crippen LogP contribution is 2.27. The summed E-state index contributed by atoms with van der Waals surface area (Å²) in [4.78, 5) is 11.5. The van der Waals surface area contributed by atoms with E-state index in [1.807, 2.05) is 0 Å². The lowest BCUT2D eigenvalue weighted by Crippen LogP contribution is -2.55. The third-order valence-electron chi connectivity index (χ3n) is 3.81. The van der Waals surface area contributed by atoms with E-state index >= 15 is 0 Å². The first-order valence-electron chi connectivity index (χ1n) is 6.32. The molecule has 2 aliphatic rings. The van der Waals surface area contributed by atoms with Gasteiger partial charge in [-0.1, -0.05) is 12.8 Å². The standard InChI is InChI=1S/C12H21NO3/c14-11(15)12(6-3-8-16-9-7-12)13-10-4-1-2-5-10/h10,13H,1-9H2,(H,14,15). The summed E-state index contributed by atoms with van der Waals surface area (Å²) in [5.41, 5.74) is -0.731. The molecule has 0 radical (unpaired) electrons. The summed E-state index contributed by atoms with van der Waals surface area (Å²) in [5.74, 6) is -0.704. The summed E-state index contributed by atoms with van der Waals surface area (Å²) < 4.78 is 5.36. The zero-order chi connectivity index (χ0) is 11.4. The molecular weight excluding hydrogens is 206 g/mol. The van der Waals surface area contributed by atoms with E-state index in [1.54, 1.807) is 0 Å². The zero-order valence-electron chi connectivity index (χ0n) is 9.71. The molecule has 2 rings (SSSR count). The molecule has 4 nitrogen and oxygen atoms in total. The van der Waals surface area contributed by atoms with Crippen LogP contribution in [0.1, 0.15) is 44.9 Å². The third kappa shape index (κ3) is 2.55. The number of aliphatic carboxylic acids is 1. The maximum atomic E-state index is 11.5. The molecule has 0 aromatic rings. The third-order valence-corrected chi connectivity index (χ3v) is 3.81. The maximum Gasteiger partial charge on any atom is 0.323 e. The van der Waals surface area contributed by atoms with Crippen molar-refractivity contribution < 1.29 is 14.6 Å². The molecule has 0 bridgehead atoms. The van der Waals surface area contributed by atoms with Gasteiger partial charge < -0.3 is 9.84 Å². The molecule has 92 valence electrons. The van der Waals surface area contributed by atoms with Crippen LogP contribution in [-0.4, -0.2) is 35.9 Å². The predicted molar refractivity (Wildman–Crippen MR) is 60.4 cm³/mol. The van der Waals surface area contributed by atoms with Crippen molar-refractivity contribution in [1.29, 1.82) is 0 Å². The largest absolute Gasteiger partial charge is 0.480 e. The highest BCUT2D eigenvalue weighted by atomic mass is 16.5. The van der Waals surface area contributed by atoms with Crippen LogP contribution in [0.2, 0.25) is 0 Å². The van der Waals surface area contributed by atoms with Crippen LogP contribution in [0.5, 0.6) is 0 Å². The van der Waals surface area contributed by atoms with Crippen molar-refractivity contribution in [1.82, 2.24) is 5.32 Å². The summed E-state index contributed by atoms with van der Waals surface area (Å²) in [5, 5.41) is 12.8. The molecule has 1 aliphatic heterocycles. The van der Waals surface area contributed by atoms with Gasteiger partial charge in [0.1, 0.15) is 5.54 Å². The molecule has 0 spiro atoms. The maximum absolute atomic E-state index is 11.5. The van der Waals surface area contributed by atoms with Gasteiger partial charge in [-0.15, -0.1) is 0 Å². The van der Waals surface area contributed by atoms with Gasteiger partial charge in [0, 0.05) is 19.3 Å². The van der Waals surface area contributed by atoms with Crippen LogP contribution in [0.3, 0.4) is 0 Å². The highest BCUT2D eigenvalue weighted by Gasteiger charge is 2.40. The fraction of sp³-hybridized carbons (Fsp3) is 0.917. The molecule has 0 amide bonds. The van der Waals surface area contributed by atoms with E-state index in [9.17, 15) is 9.90 Å². The van der Waals surface area contributed by atoms with Crippen LogP contribution in [0, 0.1) is 0 Å². The zero-order valence-corrected chi connectivity index (χ0v) is 9.71. The molecule has 1 saturated heterocycles. The van der Waals surface area contributed by atoms with E-state index < -0.39 is 11.5 Å². The summed E-state index contributed by atoms with van der Waals surface area (Å²) in [7, 11) is 0. The van der Waals surface area contributed by atoms with Crippen molar-refractivity contribution in [3.63, 3.8) is 0 Å². The lowest BCUT2D eigenvalue weighted by atomic mass is 9.89. The van der Waals surface area contributed by atoms with Crippen molar-refractivity contribution in [2.75, 3.05) is 13.2 Å². The van der Waals surface area contributed by atoms with Crippen molar-refractivity contribution in [3.8, 4) is 0 Å². The van der Waals surface area contributed by atoms with E-state index in [1.165, 1.54) is 12.8 Å². The van der Waals surface area contributed by atoms with Crippen LogP contribution in [0.15, 0.2) is 0 Å². The molecule has 4 heteroatoms. The Balaban J connectivity index is 2.03. The molecule has 1 unspecified atom stereocenters. The SMILES string of the molecule is O=C(O)C1(NC2CCCC2)CCCOCC1. The Morgan fingerprint density at radius 3 is 2.62 bits per heavy atom. The summed E-state index contributed by atoms with van der Waals surface area (Å²) in [6.07, 6.45) is 6.82. The first-order valence-corrected chi connectivity index (χ1v) is 6.32. The minimum Gasteiger partial charge on any atom is -0.480 e. The number of carbonyl (C=O) groups is 1. The van der Waals surface area contributed by atoms with Gasteiger partial charge in [0.25, 0.3) is 0 Å². The van der Waals surface area contributed by atoms with E-state index in [0.29, 0.717) is 32.1 Å². The molecular formula is C12H21NO3. The first kappa shape index (κ1) is 11.9. The Kier molecular flexibility index (Phi) is 3.82. The number of hydrogen-bond donors (Lipinski definition) is 2.